The second-order valence-corrected chi connectivity index (χ2v) is 3.08. The number of carbonyl (C=O) groups excluding carboxylic acids is 2. The van der Waals surface area contributed by atoms with Crippen LogP contribution in [0.15, 0.2) is 24.3 Å². The zero-order valence-corrected chi connectivity index (χ0v) is 8.72. The molecule has 1 atom stereocenters. The van der Waals surface area contributed by atoms with Gasteiger partial charge in [0, 0.05) is 11.1 Å². The average molecular weight is 197 g/mol. The van der Waals surface area contributed by atoms with Gasteiger partial charge in [0.1, 0.15) is 0 Å². The highest BCUT2D eigenvalue weighted by atomic mass is 16.6. The van der Waals surface area contributed by atoms with Crippen molar-refractivity contribution in [3.8, 4) is 0 Å². The molecule has 4 nitrogen and oxygen atoms in total. The molecule has 0 aliphatic carbocycles. The van der Waals surface area contributed by atoms with Gasteiger partial charge in [-0.25, -0.2) is 4.79 Å². The van der Waals surface area contributed by atoms with Crippen LogP contribution in [-0.2, 0) is 14.3 Å². The molecule has 0 saturated carbocycles. The smallest absolute Gasteiger partial charge is 0.335 e. The van der Waals surface area contributed by atoms with Crippen molar-refractivity contribution in [1.29, 1.82) is 0 Å². The van der Waals surface area contributed by atoms with Gasteiger partial charge in [-0.15, -0.1) is 0 Å². The summed E-state index contributed by atoms with van der Waals surface area (Å²) in [5.74, 6) is -0.869. The molecule has 4 heteroatoms. The van der Waals surface area contributed by atoms with Crippen LogP contribution in [0.4, 0.5) is 0 Å². The summed E-state index contributed by atoms with van der Waals surface area (Å²) in [6.07, 6.45) is -0.677. The third-order valence-corrected chi connectivity index (χ3v) is 1.35. The van der Waals surface area contributed by atoms with Crippen LogP contribution in [0.2, 0.25) is 0 Å². The Bertz CT molecular complexity index is 253. The van der Waals surface area contributed by atoms with E-state index in [1.54, 1.807) is 13.8 Å². The molecule has 0 aromatic carbocycles. The van der Waals surface area contributed by atoms with Crippen molar-refractivity contribution in [2.24, 2.45) is 0 Å². The summed E-state index contributed by atoms with van der Waals surface area (Å²) >= 11 is 0. The van der Waals surface area contributed by atoms with Gasteiger partial charge in [0.05, 0.1) is 0 Å². The Hall–Kier alpha value is -1.58. The number of hydrogen-bond acceptors (Lipinski definition) is 3. The maximum Gasteiger partial charge on any atom is 0.335 e. The van der Waals surface area contributed by atoms with E-state index in [0.29, 0.717) is 11.1 Å². The average Bonchev–Trinajstić information content (AvgIpc) is 2.03. The number of nitrogens with one attached hydrogen (secondary N) is 1. The fraction of sp³-hybridized carbons (Fsp3) is 0.400. The van der Waals surface area contributed by atoms with Crippen molar-refractivity contribution in [2.75, 3.05) is 0 Å². The molecule has 0 fully saturated rings. The van der Waals surface area contributed by atoms with E-state index < -0.39 is 12.2 Å². The van der Waals surface area contributed by atoms with E-state index in [4.69, 9.17) is 4.74 Å². The molecule has 78 valence electrons. The van der Waals surface area contributed by atoms with E-state index in [-0.39, 0.29) is 5.91 Å². The monoisotopic (exact) mass is 197 g/mol. The lowest BCUT2D eigenvalue weighted by Gasteiger charge is -2.14. The number of hydrogen-bond donors (Lipinski definition) is 1. The first-order valence-electron chi connectivity index (χ1n) is 4.17. The minimum Gasteiger partial charge on any atom is -0.439 e. The Morgan fingerprint density at radius 2 is 1.71 bits per heavy atom. The highest BCUT2D eigenvalue weighted by Crippen LogP contribution is 1.97. The summed E-state index contributed by atoms with van der Waals surface area (Å²) in [7, 11) is 0. The summed E-state index contributed by atoms with van der Waals surface area (Å²) in [4.78, 5) is 22.1. The van der Waals surface area contributed by atoms with E-state index in [1.807, 2.05) is 0 Å². The van der Waals surface area contributed by atoms with Gasteiger partial charge in [0.15, 0.2) is 6.23 Å². The highest BCUT2D eigenvalue weighted by molar-refractivity contribution is 5.92. The van der Waals surface area contributed by atoms with Gasteiger partial charge >= 0.3 is 5.97 Å². The molecule has 0 aliphatic heterocycles. The first-order valence-corrected chi connectivity index (χ1v) is 4.17. The molecule has 1 amide bonds. The molecule has 1 unspecified atom stereocenters. The van der Waals surface area contributed by atoms with Crippen LogP contribution in [0.5, 0.6) is 0 Å². The third-order valence-electron chi connectivity index (χ3n) is 1.35. The number of carbonyl (C=O) groups is 2. The molecule has 0 aromatic rings. The van der Waals surface area contributed by atoms with Crippen LogP contribution in [0.1, 0.15) is 20.8 Å². The van der Waals surface area contributed by atoms with E-state index in [1.165, 1.54) is 6.92 Å². The maximum absolute atomic E-state index is 11.1. The van der Waals surface area contributed by atoms with Crippen molar-refractivity contribution in [3.05, 3.63) is 24.3 Å². The fourth-order valence-electron chi connectivity index (χ4n) is 0.598. The van der Waals surface area contributed by atoms with Crippen LogP contribution >= 0.6 is 0 Å². The quantitative estimate of drug-likeness (QED) is 0.418. The molecule has 0 heterocycles. The molecule has 0 rings (SSSR count). The molecule has 0 saturated heterocycles. The molecule has 0 bridgehead atoms. The number of ether oxygens (including phenoxy) is 1. The standard InChI is InChI=1S/C10H15NO3/c1-6(2)9(12)11-8(5)14-10(13)7(3)4/h8H,1,3H2,2,4-5H3,(H,11,12). The van der Waals surface area contributed by atoms with Crippen molar-refractivity contribution < 1.29 is 14.3 Å². The molecule has 0 aliphatic rings. The van der Waals surface area contributed by atoms with E-state index >= 15 is 0 Å². The predicted molar refractivity (Wildman–Crippen MR) is 53.3 cm³/mol. The van der Waals surface area contributed by atoms with Crippen LogP contribution in [-0.4, -0.2) is 18.1 Å². The van der Waals surface area contributed by atoms with Gasteiger partial charge in [-0.3, -0.25) is 4.79 Å². The maximum atomic E-state index is 11.1. The lowest BCUT2D eigenvalue weighted by atomic mass is 10.3. The summed E-state index contributed by atoms with van der Waals surface area (Å²) in [6.45, 7) is 11.5. The normalized spacial score (nSPS) is 11.4. The number of rotatable bonds is 4. The second-order valence-electron chi connectivity index (χ2n) is 3.08. The summed E-state index contributed by atoms with van der Waals surface area (Å²) in [6, 6.07) is 0. The minimum atomic E-state index is -0.677. The molecule has 0 aromatic heterocycles. The lowest BCUT2D eigenvalue weighted by Crippen LogP contribution is -2.36. The molecule has 14 heavy (non-hydrogen) atoms. The minimum absolute atomic E-state index is 0.293. The van der Waals surface area contributed by atoms with Crippen molar-refractivity contribution in [3.63, 3.8) is 0 Å². The predicted octanol–water partition coefficient (Wildman–Crippen LogP) is 1.14. The third kappa shape index (κ3) is 4.45. The van der Waals surface area contributed by atoms with Gasteiger partial charge in [-0.2, -0.15) is 0 Å². The fourth-order valence-corrected chi connectivity index (χ4v) is 0.598. The summed E-state index contributed by atoms with van der Waals surface area (Å²) in [5, 5.41) is 2.44. The molecular formula is C10H15NO3. The Balaban J connectivity index is 4.05. The zero-order chi connectivity index (χ0) is 11.3. The largest absolute Gasteiger partial charge is 0.439 e. The second kappa shape index (κ2) is 5.21. The van der Waals surface area contributed by atoms with Crippen LogP contribution in [0, 0.1) is 0 Å². The van der Waals surface area contributed by atoms with Gasteiger partial charge < -0.3 is 10.1 Å². The number of amides is 1. The van der Waals surface area contributed by atoms with Crippen LogP contribution in [0.25, 0.3) is 0 Å². The highest BCUT2D eigenvalue weighted by Gasteiger charge is 2.12. The Morgan fingerprint density at radius 1 is 1.21 bits per heavy atom. The van der Waals surface area contributed by atoms with E-state index in [9.17, 15) is 9.59 Å². The summed E-state index contributed by atoms with van der Waals surface area (Å²) in [5.41, 5.74) is 0.657. The van der Waals surface area contributed by atoms with Gasteiger partial charge in [0.25, 0.3) is 0 Å². The number of esters is 1. The Morgan fingerprint density at radius 3 is 2.07 bits per heavy atom. The van der Waals surface area contributed by atoms with E-state index in [0.717, 1.165) is 0 Å². The lowest BCUT2D eigenvalue weighted by molar-refractivity contribution is -0.146. The summed E-state index contributed by atoms with van der Waals surface area (Å²) < 4.78 is 4.82. The molecule has 0 radical (unpaired) electrons. The molecular weight excluding hydrogens is 182 g/mol. The Labute approximate surface area is 83.6 Å². The van der Waals surface area contributed by atoms with Crippen molar-refractivity contribution in [1.82, 2.24) is 5.32 Å². The zero-order valence-electron chi connectivity index (χ0n) is 8.72. The van der Waals surface area contributed by atoms with Gasteiger partial charge in [-0.05, 0) is 20.8 Å². The first kappa shape index (κ1) is 12.4. The topological polar surface area (TPSA) is 55.4 Å². The van der Waals surface area contributed by atoms with Gasteiger partial charge in [0.2, 0.25) is 5.91 Å². The van der Waals surface area contributed by atoms with E-state index in [2.05, 4.69) is 18.5 Å². The Kier molecular flexibility index (Phi) is 4.63. The van der Waals surface area contributed by atoms with Gasteiger partial charge in [-0.1, -0.05) is 13.2 Å². The van der Waals surface area contributed by atoms with Crippen LogP contribution in [0.3, 0.4) is 0 Å². The van der Waals surface area contributed by atoms with Crippen LogP contribution < -0.4 is 5.32 Å². The SMILES string of the molecule is C=C(C)C(=O)NC(C)OC(=O)C(=C)C. The first-order chi connectivity index (χ1) is 6.34. The molecule has 0 spiro atoms. The van der Waals surface area contributed by atoms with Crippen molar-refractivity contribution >= 4 is 11.9 Å². The molecule has 1 N–H and O–H groups in total. The van der Waals surface area contributed by atoms with Crippen molar-refractivity contribution in [2.45, 2.75) is 27.0 Å².